The number of carboxylic acid groups (broad SMARTS) is 1. The molecule has 0 unspecified atom stereocenters. The van der Waals surface area contributed by atoms with Crippen LogP contribution in [0.4, 0.5) is 11.4 Å². The van der Waals surface area contributed by atoms with Crippen LogP contribution in [0, 0.1) is 17.0 Å². The van der Waals surface area contributed by atoms with Crippen molar-refractivity contribution in [3.8, 4) is 0 Å². The molecule has 0 aromatic heterocycles. The molecular formula is C12H16N2O4. The van der Waals surface area contributed by atoms with Crippen molar-refractivity contribution >= 4 is 17.3 Å². The molecule has 0 aliphatic heterocycles. The van der Waals surface area contributed by atoms with Crippen LogP contribution in [0.2, 0.25) is 0 Å². The van der Waals surface area contributed by atoms with Gasteiger partial charge in [-0.1, -0.05) is 6.07 Å². The number of hydrogen-bond acceptors (Lipinski definition) is 4. The third kappa shape index (κ3) is 3.19. The number of nitrogens with zero attached hydrogens (tertiary/aromatic N) is 2. The summed E-state index contributed by atoms with van der Waals surface area (Å²) in [4.78, 5) is 22.9. The quantitative estimate of drug-likeness (QED) is 0.641. The Morgan fingerprint density at radius 2 is 2.11 bits per heavy atom. The van der Waals surface area contributed by atoms with Crippen molar-refractivity contribution in [1.82, 2.24) is 0 Å². The van der Waals surface area contributed by atoms with Gasteiger partial charge >= 0.3 is 5.97 Å². The van der Waals surface area contributed by atoms with E-state index in [0.717, 1.165) is 5.56 Å². The molecule has 0 spiro atoms. The van der Waals surface area contributed by atoms with Crippen molar-refractivity contribution in [2.24, 2.45) is 0 Å². The second kappa shape index (κ2) is 5.48. The van der Waals surface area contributed by atoms with Crippen LogP contribution in [0.1, 0.15) is 19.4 Å². The third-order valence-corrected chi connectivity index (χ3v) is 2.57. The number of hydrogen-bond donors (Lipinski definition) is 1. The van der Waals surface area contributed by atoms with Gasteiger partial charge in [0.2, 0.25) is 0 Å². The number of carboxylic acids is 1. The Labute approximate surface area is 105 Å². The van der Waals surface area contributed by atoms with E-state index in [4.69, 9.17) is 5.11 Å². The number of aliphatic carboxylic acids is 1. The van der Waals surface area contributed by atoms with Crippen LogP contribution in [0.3, 0.4) is 0 Å². The summed E-state index contributed by atoms with van der Waals surface area (Å²) in [6, 6.07) is 4.64. The number of rotatable bonds is 5. The number of nitro groups is 1. The van der Waals surface area contributed by atoms with E-state index in [1.54, 1.807) is 32.9 Å². The largest absolute Gasteiger partial charge is 0.480 e. The first-order valence-electron chi connectivity index (χ1n) is 5.56. The van der Waals surface area contributed by atoms with Crippen molar-refractivity contribution in [1.29, 1.82) is 0 Å². The molecule has 0 heterocycles. The average Bonchev–Trinajstić information content (AvgIpc) is 2.25. The van der Waals surface area contributed by atoms with Gasteiger partial charge in [0.15, 0.2) is 0 Å². The molecule has 6 heteroatoms. The van der Waals surface area contributed by atoms with E-state index in [1.807, 2.05) is 0 Å². The van der Waals surface area contributed by atoms with Gasteiger partial charge < -0.3 is 10.0 Å². The lowest BCUT2D eigenvalue weighted by atomic mass is 10.1. The summed E-state index contributed by atoms with van der Waals surface area (Å²) < 4.78 is 0. The minimum absolute atomic E-state index is 0.0649. The fraction of sp³-hybridized carbons (Fsp3) is 0.417. The van der Waals surface area contributed by atoms with Gasteiger partial charge in [0.05, 0.1) is 4.92 Å². The van der Waals surface area contributed by atoms with Crippen molar-refractivity contribution in [3.05, 3.63) is 33.9 Å². The van der Waals surface area contributed by atoms with Crippen molar-refractivity contribution in [3.63, 3.8) is 0 Å². The SMILES string of the molecule is Cc1ccc(N(CC(=O)O)C(C)C)c([N+](=O)[O-])c1. The van der Waals surface area contributed by atoms with Crippen LogP contribution in [0.15, 0.2) is 18.2 Å². The average molecular weight is 252 g/mol. The summed E-state index contributed by atoms with van der Waals surface area (Å²) in [7, 11) is 0. The molecule has 98 valence electrons. The molecule has 0 radical (unpaired) electrons. The molecule has 6 nitrogen and oxygen atoms in total. The predicted octanol–water partition coefficient (Wildman–Crippen LogP) is 2.20. The second-order valence-electron chi connectivity index (χ2n) is 4.36. The molecule has 0 amide bonds. The smallest absolute Gasteiger partial charge is 0.323 e. The Balaban J connectivity index is 3.27. The normalized spacial score (nSPS) is 10.4. The highest BCUT2D eigenvalue weighted by molar-refractivity contribution is 5.76. The minimum Gasteiger partial charge on any atom is -0.480 e. The lowest BCUT2D eigenvalue weighted by molar-refractivity contribution is -0.384. The molecule has 0 bridgehead atoms. The molecule has 0 aliphatic rings. The molecule has 1 aromatic carbocycles. The maximum Gasteiger partial charge on any atom is 0.323 e. The predicted molar refractivity (Wildman–Crippen MR) is 68.0 cm³/mol. The number of aryl methyl sites for hydroxylation is 1. The molecule has 0 aliphatic carbocycles. The van der Waals surface area contributed by atoms with E-state index >= 15 is 0 Å². The summed E-state index contributed by atoms with van der Waals surface area (Å²) in [6.45, 7) is 5.09. The van der Waals surface area contributed by atoms with Gasteiger partial charge in [-0.15, -0.1) is 0 Å². The van der Waals surface area contributed by atoms with Crippen molar-refractivity contribution in [2.45, 2.75) is 26.8 Å². The molecule has 0 saturated heterocycles. The Bertz CT molecular complexity index is 471. The highest BCUT2D eigenvalue weighted by atomic mass is 16.6. The summed E-state index contributed by atoms with van der Waals surface area (Å²) in [5.74, 6) is -1.02. The topological polar surface area (TPSA) is 83.7 Å². The van der Waals surface area contributed by atoms with Crippen LogP contribution in [-0.4, -0.2) is 28.6 Å². The first-order chi connectivity index (χ1) is 8.32. The number of nitro benzene ring substituents is 1. The van der Waals surface area contributed by atoms with Gasteiger partial charge in [-0.2, -0.15) is 0 Å². The lowest BCUT2D eigenvalue weighted by Gasteiger charge is -2.26. The molecule has 1 rings (SSSR count). The van der Waals surface area contributed by atoms with E-state index in [9.17, 15) is 14.9 Å². The van der Waals surface area contributed by atoms with Crippen LogP contribution in [-0.2, 0) is 4.79 Å². The van der Waals surface area contributed by atoms with E-state index in [-0.39, 0.29) is 18.3 Å². The Morgan fingerprint density at radius 3 is 2.56 bits per heavy atom. The maximum atomic E-state index is 11.0. The van der Waals surface area contributed by atoms with Gasteiger partial charge in [-0.25, -0.2) is 0 Å². The van der Waals surface area contributed by atoms with Crippen molar-refractivity contribution < 1.29 is 14.8 Å². The maximum absolute atomic E-state index is 11.0. The van der Waals surface area contributed by atoms with E-state index < -0.39 is 10.9 Å². The van der Waals surface area contributed by atoms with Gasteiger partial charge in [0, 0.05) is 12.1 Å². The monoisotopic (exact) mass is 252 g/mol. The zero-order valence-corrected chi connectivity index (χ0v) is 10.6. The molecule has 1 N–H and O–H groups in total. The van der Waals surface area contributed by atoms with E-state index in [1.165, 1.54) is 11.0 Å². The Kier molecular flexibility index (Phi) is 4.25. The molecule has 18 heavy (non-hydrogen) atoms. The molecule has 1 aromatic rings. The van der Waals surface area contributed by atoms with E-state index in [2.05, 4.69) is 0 Å². The fourth-order valence-electron chi connectivity index (χ4n) is 1.71. The molecule has 0 fully saturated rings. The summed E-state index contributed by atoms with van der Waals surface area (Å²) >= 11 is 0. The molecule has 0 saturated carbocycles. The van der Waals surface area contributed by atoms with Crippen LogP contribution >= 0.6 is 0 Å². The van der Waals surface area contributed by atoms with Gasteiger partial charge in [0.1, 0.15) is 12.2 Å². The third-order valence-electron chi connectivity index (χ3n) is 2.57. The fourth-order valence-corrected chi connectivity index (χ4v) is 1.71. The van der Waals surface area contributed by atoms with Crippen LogP contribution < -0.4 is 4.90 Å². The summed E-state index contributed by atoms with van der Waals surface area (Å²) in [5.41, 5.74) is 1.04. The highest BCUT2D eigenvalue weighted by Crippen LogP contribution is 2.30. The first kappa shape index (κ1) is 14.0. The van der Waals surface area contributed by atoms with Crippen molar-refractivity contribution in [2.75, 3.05) is 11.4 Å². The van der Waals surface area contributed by atoms with Crippen LogP contribution in [0.25, 0.3) is 0 Å². The van der Waals surface area contributed by atoms with E-state index in [0.29, 0.717) is 5.69 Å². The summed E-state index contributed by atoms with van der Waals surface area (Å²) in [6.07, 6.45) is 0. The number of anilines is 1. The van der Waals surface area contributed by atoms with Gasteiger partial charge in [-0.05, 0) is 32.4 Å². The Hall–Kier alpha value is -2.11. The number of carbonyl (C=O) groups is 1. The minimum atomic E-state index is -1.02. The Morgan fingerprint density at radius 1 is 1.50 bits per heavy atom. The van der Waals surface area contributed by atoms with Crippen LogP contribution in [0.5, 0.6) is 0 Å². The zero-order valence-electron chi connectivity index (χ0n) is 10.6. The first-order valence-corrected chi connectivity index (χ1v) is 5.56. The lowest BCUT2D eigenvalue weighted by Crippen LogP contribution is -2.36. The second-order valence-corrected chi connectivity index (χ2v) is 4.36. The number of benzene rings is 1. The van der Waals surface area contributed by atoms with Gasteiger partial charge in [0.25, 0.3) is 5.69 Å². The van der Waals surface area contributed by atoms with Gasteiger partial charge in [-0.3, -0.25) is 14.9 Å². The molecule has 0 atom stereocenters. The standard InChI is InChI=1S/C12H16N2O4/c1-8(2)13(7-12(15)16)10-5-4-9(3)6-11(10)14(17)18/h4-6,8H,7H2,1-3H3,(H,15,16). The summed E-state index contributed by atoms with van der Waals surface area (Å²) in [5, 5.41) is 19.9. The molecular weight excluding hydrogens is 236 g/mol. The highest BCUT2D eigenvalue weighted by Gasteiger charge is 2.23. The zero-order chi connectivity index (χ0) is 13.9.